The molecule has 22 heavy (non-hydrogen) atoms. The van der Waals surface area contributed by atoms with Gasteiger partial charge < -0.3 is 4.90 Å². The molecule has 2 aromatic heterocycles. The first-order chi connectivity index (χ1) is 10.5. The lowest BCUT2D eigenvalue weighted by Gasteiger charge is -2.31. The van der Waals surface area contributed by atoms with Crippen LogP contribution in [0, 0.1) is 13.8 Å². The Labute approximate surface area is 133 Å². The highest BCUT2D eigenvalue weighted by Gasteiger charge is 2.28. The Kier molecular flexibility index (Phi) is 4.11. The summed E-state index contributed by atoms with van der Waals surface area (Å²) in [6.45, 7) is 5.09. The van der Waals surface area contributed by atoms with Crippen LogP contribution >= 0.6 is 11.6 Å². The van der Waals surface area contributed by atoms with Gasteiger partial charge in [-0.05, 0) is 32.8 Å². The standard InChI is InChI=1S/C15H18ClN5O/c1-9-6-13(20-19-9)11-4-3-5-21(8-11)15(22)14-12(16)7-17-10(2)18-14/h6-7,11H,3-5,8H2,1-2H3,(H,19,20)/t11-/m0/s1. The fourth-order valence-corrected chi connectivity index (χ4v) is 2.98. The minimum atomic E-state index is -0.132. The molecule has 116 valence electrons. The van der Waals surface area contributed by atoms with Crippen LogP contribution in [0.3, 0.4) is 0 Å². The number of likely N-dealkylation sites (tertiary alicyclic amines) is 1. The second-order valence-corrected chi connectivity index (χ2v) is 6.09. The Morgan fingerprint density at radius 1 is 1.45 bits per heavy atom. The molecule has 0 spiro atoms. The van der Waals surface area contributed by atoms with E-state index >= 15 is 0 Å². The normalized spacial score (nSPS) is 18.5. The van der Waals surface area contributed by atoms with Crippen molar-refractivity contribution in [1.29, 1.82) is 0 Å². The summed E-state index contributed by atoms with van der Waals surface area (Å²) in [5.41, 5.74) is 2.33. The monoisotopic (exact) mass is 319 g/mol. The zero-order valence-corrected chi connectivity index (χ0v) is 13.4. The average molecular weight is 320 g/mol. The number of nitrogens with zero attached hydrogens (tertiary/aromatic N) is 4. The van der Waals surface area contributed by atoms with Crippen LogP contribution in [0.4, 0.5) is 0 Å². The molecule has 0 saturated carbocycles. The summed E-state index contributed by atoms with van der Waals surface area (Å²) in [5.74, 6) is 0.668. The Balaban J connectivity index is 1.79. The quantitative estimate of drug-likeness (QED) is 0.922. The lowest BCUT2D eigenvalue weighted by Crippen LogP contribution is -2.39. The van der Waals surface area contributed by atoms with E-state index in [1.54, 1.807) is 6.92 Å². The minimum Gasteiger partial charge on any atom is -0.337 e. The number of H-pyrrole nitrogens is 1. The number of halogens is 1. The van der Waals surface area contributed by atoms with Gasteiger partial charge in [0.2, 0.25) is 0 Å². The first-order valence-corrected chi connectivity index (χ1v) is 7.72. The van der Waals surface area contributed by atoms with E-state index < -0.39 is 0 Å². The van der Waals surface area contributed by atoms with Gasteiger partial charge >= 0.3 is 0 Å². The van der Waals surface area contributed by atoms with Crippen LogP contribution in [0.15, 0.2) is 12.3 Å². The first-order valence-electron chi connectivity index (χ1n) is 7.35. The van der Waals surface area contributed by atoms with Gasteiger partial charge in [0, 0.05) is 24.7 Å². The second-order valence-electron chi connectivity index (χ2n) is 5.68. The lowest BCUT2D eigenvalue weighted by atomic mass is 9.94. The van der Waals surface area contributed by atoms with Crippen molar-refractivity contribution in [2.75, 3.05) is 13.1 Å². The number of carbonyl (C=O) groups excluding carboxylic acids is 1. The van der Waals surface area contributed by atoms with Gasteiger partial charge in [-0.3, -0.25) is 9.89 Å². The van der Waals surface area contributed by atoms with Crippen molar-refractivity contribution in [2.24, 2.45) is 0 Å². The van der Waals surface area contributed by atoms with Gasteiger partial charge in [0.05, 0.1) is 16.9 Å². The molecule has 6 nitrogen and oxygen atoms in total. The predicted octanol–water partition coefficient (Wildman–Crippen LogP) is 2.49. The number of carbonyl (C=O) groups is 1. The van der Waals surface area contributed by atoms with Gasteiger partial charge in [-0.1, -0.05) is 11.6 Å². The molecule has 1 N–H and O–H groups in total. The highest BCUT2D eigenvalue weighted by molar-refractivity contribution is 6.33. The molecule has 1 fully saturated rings. The van der Waals surface area contributed by atoms with E-state index in [0.717, 1.165) is 30.8 Å². The fourth-order valence-electron chi connectivity index (χ4n) is 2.81. The third-order valence-electron chi connectivity index (χ3n) is 3.92. The highest BCUT2D eigenvalue weighted by atomic mass is 35.5. The third-order valence-corrected chi connectivity index (χ3v) is 4.20. The van der Waals surface area contributed by atoms with Crippen molar-refractivity contribution in [2.45, 2.75) is 32.6 Å². The number of hydrogen-bond acceptors (Lipinski definition) is 4. The predicted molar refractivity (Wildman–Crippen MR) is 83.0 cm³/mol. The Hall–Kier alpha value is -1.95. The fraction of sp³-hybridized carbons (Fsp3) is 0.467. The molecule has 0 aromatic carbocycles. The van der Waals surface area contributed by atoms with Crippen LogP contribution in [0.25, 0.3) is 0 Å². The molecule has 1 saturated heterocycles. The number of rotatable bonds is 2. The molecule has 0 bridgehead atoms. The van der Waals surface area contributed by atoms with E-state index in [9.17, 15) is 4.79 Å². The van der Waals surface area contributed by atoms with E-state index in [4.69, 9.17) is 11.6 Å². The Bertz CT molecular complexity index is 699. The highest BCUT2D eigenvalue weighted by Crippen LogP contribution is 2.27. The largest absolute Gasteiger partial charge is 0.337 e. The molecule has 2 aromatic rings. The van der Waals surface area contributed by atoms with Gasteiger partial charge in [-0.2, -0.15) is 5.10 Å². The molecular weight excluding hydrogens is 302 g/mol. The number of nitrogens with one attached hydrogen (secondary N) is 1. The molecule has 1 amide bonds. The van der Waals surface area contributed by atoms with Crippen LogP contribution in [0.5, 0.6) is 0 Å². The SMILES string of the molecule is Cc1ncc(Cl)c(C(=O)N2CCC[C@H](c3cc(C)[nH]n3)C2)n1. The average Bonchev–Trinajstić information content (AvgIpc) is 2.96. The van der Waals surface area contributed by atoms with E-state index in [-0.39, 0.29) is 17.5 Å². The van der Waals surface area contributed by atoms with Crippen LogP contribution < -0.4 is 0 Å². The number of aromatic amines is 1. The van der Waals surface area contributed by atoms with Crippen molar-refractivity contribution >= 4 is 17.5 Å². The van der Waals surface area contributed by atoms with Gasteiger partial charge in [0.15, 0.2) is 5.69 Å². The van der Waals surface area contributed by atoms with Crippen LogP contribution in [0.1, 0.15) is 46.5 Å². The molecular formula is C15H18ClN5O. The smallest absolute Gasteiger partial charge is 0.274 e. The van der Waals surface area contributed by atoms with Crippen LogP contribution in [-0.2, 0) is 0 Å². The van der Waals surface area contributed by atoms with Crippen LogP contribution in [-0.4, -0.2) is 44.1 Å². The number of amides is 1. The number of hydrogen-bond donors (Lipinski definition) is 1. The summed E-state index contributed by atoms with van der Waals surface area (Å²) in [6.07, 6.45) is 3.46. The molecule has 0 radical (unpaired) electrons. The molecule has 7 heteroatoms. The van der Waals surface area contributed by atoms with Crippen molar-refractivity contribution in [1.82, 2.24) is 25.1 Å². The first kappa shape index (κ1) is 15.0. The minimum absolute atomic E-state index is 0.132. The molecule has 3 heterocycles. The van der Waals surface area contributed by atoms with Crippen molar-refractivity contribution in [3.63, 3.8) is 0 Å². The Morgan fingerprint density at radius 3 is 3.00 bits per heavy atom. The maximum Gasteiger partial charge on any atom is 0.274 e. The molecule has 1 aliphatic rings. The van der Waals surface area contributed by atoms with Gasteiger partial charge in [0.25, 0.3) is 5.91 Å². The van der Waals surface area contributed by atoms with Gasteiger partial charge in [-0.15, -0.1) is 0 Å². The summed E-state index contributed by atoms with van der Waals surface area (Å²) in [5, 5.41) is 7.59. The summed E-state index contributed by atoms with van der Waals surface area (Å²) in [4.78, 5) is 22.7. The van der Waals surface area contributed by atoms with Crippen molar-refractivity contribution in [3.05, 3.63) is 40.2 Å². The third kappa shape index (κ3) is 2.97. The molecule has 3 rings (SSSR count). The van der Waals surface area contributed by atoms with E-state index in [2.05, 4.69) is 20.2 Å². The number of aromatic nitrogens is 4. The van der Waals surface area contributed by atoms with E-state index in [0.29, 0.717) is 17.4 Å². The summed E-state index contributed by atoms with van der Waals surface area (Å²) in [7, 11) is 0. The molecule has 0 aliphatic carbocycles. The summed E-state index contributed by atoms with van der Waals surface area (Å²) >= 11 is 6.08. The molecule has 0 unspecified atom stereocenters. The van der Waals surface area contributed by atoms with Crippen molar-refractivity contribution < 1.29 is 4.79 Å². The van der Waals surface area contributed by atoms with Gasteiger partial charge in [-0.25, -0.2) is 9.97 Å². The second kappa shape index (κ2) is 6.04. The van der Waals surface area contributed by atoms with E-state index in [1.165, 1.54) is 6.20 Å². The number of aryl methyl sites for hydroxylation is 2. The summed E-state index contributed by atoms with van der Waals surface area (Å²) in [6, 6.07) is 2.04. The zero-order chi connectivity index (χ0) is 15.7. The zero-order valence-electron chi connectivity index (χ0n) is 12.6. The maximum absolute atomic E-state index is 12.7. The molecule has 1 atom stereocenters. The Morgan fingerprint density at radius 2 is 2.27 bits per heavy atom. The van der Waals surface area contributed by atoms with Gasteiger partial charge in [0.1, 0.15) is 5.82 Å². The topological polar surface area (TPSA) is 74.8 Å². The van der Waals surface area contributed by atoms with E-state index in [1.807, 2.05) is 17.9 Å². The van der Waals surface area contributed by atoms with Crippen molar-refractivity contribution in [3.8, 4) is 0 Å². The number of piperidine rings is 1. The van der Waals surface area contributed by atoms with Crippen LogP contribution in [0.2, 0.25) is 5.02 Å². The maximum atomic E-state index is 12.7. The molecule has 1 aliphatic heterocycles. The lowest BCUT2D eigenvalue weighted by molar-refractivity contribution is 0.0699. The summed E-state index contributed by atoms with van der Waals surface area (Å²) < 4.78 is 0.